The molecule has 1 atom stereocenters. The third kappa shape index (κ3) is 7.20. The van der Waals surface area contributed by atoms with Crippen LogP contribution in [0.1, 0.15) is 15.9 Å². The minimum atomic E-state index is -0.883. The fraction of sp³-hybridized carbons (Fsp3) is 0.241. The number of hydrogen-bond acceptors (Lipinski definition) is 4. The summed E-state index contributed by atoms with van der Waals surface area (Å²) in [6.07, 6.45) is 0.257. The average molecular weight is 551 g/mol. The van der Waals surface area contributed by atoms with Crippen molar-refractivity contribution in [2.75, 3.05) is 38.1 Å². The first kappa shape index (κ1) is 27.8. The molecule has 0 spiro atoms. The molecule has 1 N–H and O–H groups in total. The van der Waals surface area contributed by atoms with Gasteiger partial charge in [-0.3, -0.25) is 19.2 Å². The highest BCUT2D eigenvalue weighted by Gasteiger charge is 2.31. The van der Waals surface area contributed by atoms with Crippen molar-refractivity contribution in [3.63, 3.8) is 0 Å². The van der Waals surface area contributed by atoms with Gasteiger partial charge in [0.1, 0.15) is 18.4 Å². The Morgan fingerprint density at radius 2 is 1.72 bits per heavy atom. The monoisotopic (exact) mass is 550 g/mol. The molecule has 10 heteroatoms. The normalized spacial score (nSPS) is 14.1. The first-order valence-corrected chi connectivity index (χ1v) is 12.8. The summed E-state index contributed by atoms with van der Waals surface area (Å²) in [5, 5.41) is 3.33. The molecule has 1 saturated heterocycles. The highest BCUT2D eigenvalue weighted by molar-refractivity contribution is 6.30. The maximum atomic E-state index is 13.5. The van der Waals surface area contributed by atoms with Gasteiger partial charge in [0.2, 0.25) is 17.7 Å². The Kier molecular flexibility index (Phi) is 8.93. The SMILES string of the molecule is CN(C(=O)[C@H](Cc1ccccc1)NC(=O)CN1CCN(C(=O)c2cccc(F)c2)CC1=O)c1ccc(Cl)cc1. The fourth-order valence-corrected chi connectivity index (χ4v) is 4.47. The number of carbonyl (C=O) groups is 4. The van der Waals surface area contributed by atoms with E-state index in [2.05, 4.69) is 5.32 Å². The van der Waals surface area contributed by atoms with Gasteiger partial charge in [-0.05, 0) is 48.0 Å². The van der Waals surface area contributed by atoms with Crippen LogP contribution in [-0.2, 0) is 20.8 Å². The Morgan fingerprint density at radius 3 is 2.38 bits per heavy atom. The number of likely N-dealkylation sites (N-methyl/N-ethyl adjacent to an activating group) is 1. The predicted molar refractivity (Wildman–Crippen MR) is 146 cm³/mol. The van der Waals surface area contributed by atoms with Crippen molar-refractivity contribution >= 4 is 40.9 Å². The van der Waals surface area contributed by atoms with Crippen molar-refractivity contribution in [2.45, 2.75) is 12.5 Å². The quantitative estimate of drug-likeness (QED) is 0.466. The smallest absolute Gasteiger partial charge is 0.254 e. The van der Waals surface area contributed by atoms with Crippen LogP contribution in [0.2, 0.25) is 5.02 Å². The molecule has 3 aromatic carbocycles. The largest absolute Gasteiger partial charge is 0.342 e. The number of rotatable bonds is 8. The lowest BCUT2D eigenvalue weighted by Gasteiger charge is -2.34. The zero-order chi connectivity index (χ0) is 27.9. The van der Waals surface area contributed by atoms with Crippen molar-refractivity contribution in [1.29, 1.82) is 0 Å². The Hall–Kier alpha value is -4.24. The van der Waals surface area contributed by atoms with E-state index in [1.807, 2.05) is 30.3 Å². The maximum Gasteiger partial charge on any atom is 0.254 e. The lowest BCUT2D eigenvalue weighted by Crippen LogP contribution is -2.56. The summed E-state index contributed by atoms with van der Waals surface area (Å²) >= 11 is 5.97. The molecule has 1 aliphatic rings. The molecule has 1 aliphatic heterocycles. The van der Waals surface area contributed by atoms with Gasteiger partial charge in [0, 0.05) is 42.8 Å². The first-order valence-electron chi connectivity index (χ1n) is 12.4. The fourth-order valence-electron chi connectivity index (χ4n) is 4.34. The van der Waals surface area contributed by atoms with E-state index in [-0.39, 0.29) is 44.1 Å². The van der Waals surface area contributed by atoms with Crippen LogP contribution < -0.4 is 10.2 Å². The van der Waals surface area contributed by atoms with Crippen molar-refractivity contribution in [3.05, 3.63) is 101 Å². The molecule has 3 aromatic rings. The van der Waals surface area contributed by atoms with Gasteiger partial charge in [-0.15, -0.1) is 0 Å². The van der Waals surface area contributed by atoms with E-state index >= 15 is 0 Å². The molecule has 0 bridgehead atoms. The van der Waals surface area contributed by atoms with Crippen LogP contribution in [0.15, 0.2) is 78.9 Å². The number of nitrogens with one attached hydrogen (secondary N) is 1. The molecule has 0 radical (unpaired) electrons. The molecule has 202 valence electrons. The molecule has 0 unspecified atom stereocenters. The van der Waals surface area contributed by atoms with Gasteiger partial charge in [-0.25, -0.2) is 4.39 Å². The predicted octanol–water partition coefficient (Wildman–Crippen LogP) is 3.15. The summed E-state index contributed by atoms with van der Waals surface area (Å²) in [6.45, 7) is -0.159. The van der Waals surface area contributed by atoms with Crippen molar-refractivity contribution in [1.82, 2.24) is 15.1 Å². The Bertz CT molecular complexity index is 1350. The van der Waals surface area contributed by atoms with Crippen LogP contribution in [0, 0.1) is 5.82 Å². The van der Waals surface area contributed by atoms with Gasteiger partial charge in [0.05, 0.1) is 6.54 Å². The number of hydrogen-bond donors (Lipinski definition) is 1. The van der Waals surface area contributed by atoms with E-state index in [4.69, 9.17) is 11.6 Å². The van der Waals surface area contributed by atoms with Crippen LogP contribution in [0.5, 0.6) is 0 Å². The van der Waals surface area contributed by atoms with E-state index in [1.54, 1.807) is 31.3 Å². The van der Waals surface area contributed by atoms with E-state index in [0.29, 0.717) is 10.7 Å². The van der Waals surface area contributed by atoms with Crippen molar-refractivity contribution in [2.24, 2.45) is 0 Å². The number of piperazine rings is 1. The minimum Gasteiger partial charge on any atom is -0.342 e. The summed E-state index contributed by atoms with van der Waals surface area (Å²) in [7, 11) is 1.62. The number of benzene rings is 3. The second-order valence-electron chi connectivity index (χ2n) is 9.24. The third-order valence-corrected chi connectivity index (χ3v) is 6.72. The van der Waals surface area contributed by atoms with Crippen molar-refractivity contribution in [3.8, 4) is 0 Å². The average Bonchev–Trinajstić information content (AvgIpc) is 2.93. The molecule has 4 amide bonds. The lowest BCUT2D eigenvalue weighted by molar-refractivity contribution is -0.139. The molecular formula is C29H28ClFN4O4. The number of anilines is 1. The van der Waals surface area contributed by atoms with Gasteiger partial charge in [-0.1, -0.05) is 48.0 Å². The molecule has 8 nitrogen and oxygen atoms in total. The number of nitrogens with zero attached hydrogens (tertiary/aromatic N) is 3. The number of halogens is 2. The molecule has 1 fully saturated rings. The lowest BCUT2D eigenvalue weighted by atomic mass is 10.0. The summed E-state index contributed by atoms with van der Waals surface area (Å²) in [6, 6.07) is 20.5. The number of amides is 4. The Morgan fingerprint density at radius 1 is 1.00 bits per heavy atom. The highest BCUT2D eigenvalue weighted by Crippen LogP contribution is 2.18. The minimum absolute atomic E-state index is 0.134. The second kappa shape index (κ2) is 12.5. The first-order chi connectivity index (χ1) is 18.7. The van der Waals surface area contributed by atoms with Crippen LogP contribution in [0.25, 0.3) is 0 Å². The Balaban J connectivity index is 1.40. The van der Waals surface area contributed by atoms with Gasteiger partial charge < -0.3 is 20.0 Å². The van der Waals surface area contributed by atoms with E-state index in [9.17, 15) is 23.6 Å². The van der Waals surface area contributed by atoms with E-state index < -0.39 is 29.6 Å². The maximum absolute atomic E-state index is 13.5. The molecule has 0 aliphatic carbocycles. The van der Waals surface area contributed by atoms with Crippen LogP contribution in [-0.4, -0.2) is 72.7 Å². The van der Waals surface area contributed by atoms with E-state index in [1.165, 1.54) is 32.9 Å². The van der Waals surface area contributed by atoms with E-state index in [0.717, 1.165) is 11.6 Å². The summed E-state index contributed by atoms with van der Waals surface area (Å²) in [5.41, 5.74) is 1.63. The van der Waals surface area contributed by atoms with Gasteiger partial charge in [-0.2, -0.15) is 0 Å². The summed E-state index contributed by atoms with van der Waals surface area (Å²) < 4.78 is 13.5. The molecular weight excluding hydrogens is 523 g/mol. The molecule has 0 saturated carbocycles. The van der Waals surface area contributed by atoms with Gasteiger partial charge in [0.25, 0.3) is 5.91 Å². The molecule has 39 heavy (non-hydrogen) atoms. The second-order valence-corrected chi connectivity index (χ2v) is 9.67. The van der Waals surface area contributed by atoms with Crippen LogP contribution >= 0.6 is 11.6 Å². The van der Waals surface area contributed by atoms with Gasteiger partial charge in [0.15, 0.2) is 0 Å². The third-order valence-electron chi connectivity index (χ3n) is 6.47. The zero-order valence-electron chi connectivity index (χ0n) is 21.3. The Labute approximate surface area is 230 Å². The van der Waals surface area contributed by atoms with Crippen LogP contribution in [0.4, 0.5) is 10.1 Å². The summed E-state index contributed by atoms with van der Waals surface area (Å²) in [5.74, 6) is -2.22. The number of carbonyl (C=O) groups excluding carboxylic acids is 4. The van der Waals surface area contributed by atoms with Gasteiger partial charge >= 0.3 is 0 Å². The molecule has 0 aromatic heterocycles. The topological polar surface area (TPSA) is 90.0 Å². The summed E-state index contributed by atoms with van der Waals surface area (Å²) in [4.78, 5) is 56.0. The molecule has 4 rings (SSSR count). The molecule has 1 heterocycles. The van der Waals surface area contributed by atoms with Crippen molar-refractivity contribution < 1.29 is 23.6 Å². The zero-order valence-corrected chi connectivity index (χ0v) is 22.1. The highest BCUT2D eigenvalue weighted by atomic mass is 35.5. The van der Waals surface area contributed by atoms with Crippen LogP contribution in [0.3, 0.4) is 0 Å². The standard InChI is InChI=1S/C29H28ClFN4O4/c1-33(24-12-10-22(30)11-13-24)29(39)25(16-20-6-3-2-4-7-20)32-26(36)18-34-14-15-35(19-27(34)37)28(38)21-8-5-9-23(31)17-21/h2-13,17,25H,14-16,18-19H2,1H3,(H,32,36)/t25-/m0/s1.